The summed E-state index contributed by atoms with van der Waals surface area (Å²) in [5, 5.41) is 13.1. The second kappa shape index (κ2) is 5.44. The third-order valence-corrected chi connectivity index (χ3v) is 3.56. The lowest BCUT2D eigenvalue weighted by atomic mass is 10.1. The standard InChI is InChI=1S/C16H13ClN2O/c17-14-7-11-5-6-20-16(11)13(8-14)10-19-15-4-2-1-3-12(15)9-18/h1-4,7-8,19H,5-6,10H2. The number of nitriles is 1. The van der Waals surface area contributed by atoms with Gasteiger partial charge >= 0.3 is 0 Å². The summed E-state index contributed by atoms with van der Waals surface area (Å²) in [5.74, 6) is 0.927. The van der Waals surface area contributed by atoms with Gasteiger partial charge in [0.2, 0.25) is 0 Å². The van der Waals surface area contributed by atoms with Crippen molar-refractivity contribution in [1.82, 2.24) is 0 Å². The van der Waals surface area contributed by atoms with E-state index in [2.05, 4.69) is 11.4 Å². The van der Waals surface area contributed by atoms with Crippen LogP contribution in [0, 0.1) is 11.3 Å². The number of hydrogen-bond donors (Lipinski definition) is 1. The summed E-state index contributed by atoms with van der Waals surface area (Å²) < 4.78 is 5.67. The number of halogens is 1. The number of rotatable bonds is 3. The van der Waals surface area contributed by atoms with Crippen LogP contribution in [0.25, 0.3) is 0 Å². The maximum Gasteiger partial charge on any atom is 0.127 e. The Morgan fingerprint density at radius 2 is 2.15 bits per heavy atom. The van der Waals surface area contributed by atoms with E-state index in [9.17, 15) is 0 Å². The molecule has 2 aromatic rings. The highest BCUT2D eigenvalue weighted by molar-refractivity contribution is 6.30. The smallest absolute Gasteiger partial charge is 0.127 e. The molecule has 0 saturated heterocycles. The molecule has 0 aliphatic carbocycles. The molecular formula is C16H13ClN2O. The molecule has 0 fully saturated rings. The molecule has 1 N–H and O–H groups in total. The van der Waals surface area contributed by atoms with Gasteiger partial charge in [0.15, 0.2) is 0 Å². The van der Waals surface area contributed by atoms with Gasteiger partial charge in [-0.3, -0.25) is 0 Å². The molecule has 20 heavy (non-hydrogen) atoms. The number of nitrogens with zero attached hydrogens (tertiary/aromatic N) is 1. The molecule has 1 aliphatic rings. The molecule has 0 bridgehead atoms. The molecule has 0 amide bonds. The van der Waals surface area contributed by atoms with Crippen LogP contribution in [0.2, 0.25) is 5.02 Å². The second-order valence-electron chi connectivity index (χ2n) is 4.66. The fourth-order valence-electron chi connectivity index (χ4n) is 2.40. The third-order valence-electron chi connectivity index (χ3n) is 3.34. The first-order chi connectivity index (χ1) is 9.78. The van der Waals surface area contributed by atoms with Crippen LogP contribution in [-0.2, 0) is 13.0 Å². The van der Waals surface area contributed by atoms with Crippen LogP contribution in [0.1, 0.15) is 16.7 Å². The highest BCUT2D eigenvalue weighted by atomic mass is 35.5. The summed E-state index contributed by atoms with van der Waals surface area (Å²) in [7, 11) is 0. The van der Waals surface area contributed by atoms with Gasteiger partial charge in [-0.2, -0.15) is 5.26 Å². The topological polar surface area (TPSA) is 45.0 Å². The average molecular weight is 285 g/mol. The number of benzene rings is 2. The first-order valence-corrected chi connectivity index (χ1v) is 6.83. The van der Waals surface area contributed by atoms with Crippen molar-refractivity contribution in [2.75, 3.05) is 11.9 Å². The first-order valence-electron chi connectivity index (χ1n) is 6.45. The minimum absolute atomic E-state index is 0.585. The number of anilines is 1. The van der Waals surface area contributed by atoms with Gasteiger partial charge in [0, 0.05) is 23.6 Å². The van der Waals surface area contributed by atoms with Crippen molar-refractivity contribution in [3.63, 3.8) is 0 Å². The van der Waals surface area contributed by atoms with E-state index in [4.69, 9.17) is 21.6 Å². The van der Waals surface area contributed by atoms with Gasteiger partial charge in [-0.15, -0.1) is 0 Å². The number of hydrogen-bond acceptors (Lipinski definition) is 3. The molecule has 100 valence electrons. The molecule has 4 heteroatoms. The van der Waals surface area contributed by atoms with Gasteiger partial charge in [0.25, 0.3) is 0 Å². The zero-order chi connectivity index (χ0) is 13.9. The lowest BCUT2D eigenvalue weighted by Gasteiger charge is -2.12. The number of ether oxygens (including phenoxy) is 1. The Balaban J connectivity index is 1.85. The van der Waals surface area contributed by atoms with E-state index in [1.165, 1.54) is 0 Å². The van der Waals surface area contributed by atoms with E-state index in [1.807, 2.05) is 30.3 Å². The molecule has 0 unspecified atom stereocenters. The van der Waals surface area contributed by atoms with Crippen molar-refractivity contribution in [3.8, 4) is 11.8 Å². The zero-order valence-corrected chi connectivity index (χ0v) is 11.6. The molecule has 0 spiro atoms. The number of fused-ring (bicyclic) bond motifs is 1. The largest absolute Gasteiger partial charge is 0.493 e. The van der Waals surface area contributed by atoms with Crippen LogP contribution < -0.4 is 10.1 Å². The Hall–Kier alpha value is -2.18. The highest BCUT2D eigenvalue weighted by Gasteiger charge is 2.17. The molecule has 0 aromatic heterocycles. The summed E-state index contributed by atoms with van der Waals surface area (Å²) in [6, 6.07) is 13.5. The minimum atomic E-state index is 0.585. The van der Waals surface area contributed by atoms with Crippen LogP contribution in [0.5, 0.6) is 5.75 Å². The molecule has 0 atom stereocenters. The lowest BCUT2D eigenvalue weighted by Crippen LogP contribution is -2.03. The Labute approximate surface area is 122 Å². The van der Waals surface area contributed by atoms with Gasteiger partial charge < -0.3 is 10.1 Å². The van der Waals surface area contributed by atoms with Gasteiger partial charge in [-0.1, -0.05) is 23.7 Å². The fraction of sp³-hybridized carbons (Fsp3) is 0.188. The molecule has 0 radical (unpaired) electrons. The fourth-order valence-corrected chi connectivity index (χ4v) is 2.67. The molecule has 2 aromatic carbocycles. The molecule has 1 heterocycles. The van der Waals surface area contributed by atoms with Gasteiger partial charge in [-0.05, 0) is 29.8 Å². The van der Waals surface area contributed by atoms with Gasteiger partial charge in [0.05, 0.1) is 17.9 Å². The number of nitrogens with one attached hydrogen (secondary N) is 1. The van der Waals surface area contributed by atoms with Crippen LogP contribution in [0.4, 0.5) is 5.69 Å². The summed E-state index contributed by atoms with van der Waals surface area (Å²) >= 11 is 6.13. The minimum Gasteiger partial charge on any atom is -0.493 e. The van der Waals surface area contributed by atoms with E-state index in [0.29, 0.717) is 18.7 Å². The zero-order valence-electron chi connectivity index (χ0n) is 10.8. The highest BCUT2D eigenvalue weighted by Crippen LogP contribution is 2.33. The van der Waals surface area contributed by atoms with E-state index in [0.717, 1.165) is 34.0 Å². The predicted molar refractivity (Wildman–Crippen MR) is 79.1 cm³/mol. The molecule has 0 saturated carbocycles. The van der Waals surface area contributed by atoms with E-state index in [1.54, 1.807) is 6.07 Å². The van der Waals surface area contributed by atoms with Crippen LogP contribution in [0.3, 0.4) is 0 Å². The second-order valence-corrected chi connectivity index (χ2v) is 5.10. The summed E-state index contributed by atoms with van der Waals surface area (Å²) in [5.41, 5.74) is 3.63. The van der Waals surface area contributed by atoms with E-state index in [-0.39, 0.29) is 0 Å². The van der Waals surface area contributed by atoms with Crippen LogP contribution in [-0.4, -0.2) is 6.61 Å². The Morgan fingerprint density at radius 1 is 1.30 bits per heavy atom. The van der Waals surface area contributed by atoms with Crippen LogP contribution in [0.15, 0.2) is 36.4 Å². The van der Waals surface area contributed by atoms with E-state index < -0.39 is 0 Å². The monoisotopic (exact) mass is 284 g/mol. The Morgan fingerprint density at radius 3 is 3.00 bits per heavy atom. The summed E-state index contributed by atoms with van der Waals surface area (Å²) in [6.07, 6.45) is 0.900. The van der Waals surface area contributed by atoms with Crippen molar-refractivity contribution < 1.29 is 4.74 Å². The molecule has 3 nitrogen and oxygen atoms in total. The van der Waals surface area contributed by atoms with Crippen LogP contribution >= 0.6 is 11.6 Å². The SMILES string of the molecule is N#Cc1ccccc1NCc1cc(Cl)cc2c1OCC2. The maximum absolute atomic E-state index is 9.08. The molecule has 3 rings (SSSR count). The van der Waals surface area contributed by atoms with Gasteiger partial charge in [-0.25, -0.2) is 0 Å². The van der Waals surface area contributed by atoms with Crippen molar-refractivity contribution in [1.29, 1.82) is 5.26 Å². The van der Waals surface area contributed by atoms with Crippen molar-refractivity contribution in [3.05, 3.63) is 58.1 Å². The Bertz CT molecular complexity index is 691. The quantitative estimate of drug-likeness (QED) is 0.933. The van der Waals surface area contributed by atoms with E-state index >= 15 is 0 Å². The third kappa shape index (κ3) is 2.43. The summed E-state index contributed by atoms with van der Waals surface area (Å²) in [6.45, 7) is 1.29. The summed E-state index contributed by atoms with van der Waals surface area (Å²) in [4.78, 5) is 0. The number of para-hydroxylation sites is 1. The van der Waals surface area contributed by atoms with Crippen molar-refractivity contribution in [2.24, 2.45) is 0 Å². The van der Waals surface area contributed by atoms with Crippen molar-refractivity contribution >= 4 is 17.3 Å². The molecular weight excluding hydrogens is 272 g/mol. The Kier molecular flexibility index (Phi) is 3.49. The predicted octanol–water partition coefficient (Wildman–Crippen LogP) is 3.76. The molecule has 1 aliphatic heterocycles. The first kappa shape index (κ1) is 12.8. The lowest BCUT2D eigenvalue weighted by molar-refractivity contribution is 0.354. The normalized spacial score (nSPS) is 12.4. The average Bonchev–Trinajstić information content (AvgIpc) is 2.93. The van der Waals surface area contributed by atoms with Gasteiger partial charge in [0.1, 0.15) is 11.8 Å². The maximum atomic E-state index is 9.08. The van der Waals surface area contributed by atoms with Crippen molar-refractivity contribution in [2.45, 2.75) is 13.0 Å².